The predicted octanol–water partition coefficient (Wildman–Crippen LogP) is 2.23. The minimum Gasteiger partial charge on any atom is -0.368 e. The van der Waals surface area contributed by atoms with Crippen molar-refractivity contribution in [3.05, 3.63) is 5.82 Å². The second-order valence-electron chi connectivity index (χ2n) is 4.49. The molecule has 15 heavy (non-hydrogen) atoms. The van der Waals surface area contributed by atoms with E-state index in [9.17, 15) is 0 Å². The first-order valence-corrected chi connectivity index (χ1v) is 5.94. The van der Waals surface area contributed by atoms with Crippen LogP contribution >= 0.6 is 0 Å². The van der Waals surface area contributed by atoms with Crippen LogP contribution in [0.25, 0.3) is 0 Å². The topological polar surface area (TPSA) is 56.7 Å². The lowest BCUT2D eigenvalue weighted by Crippen LogP contribution is -2.05. The normalized spacial score (nSPS) is 19.8. The second kappa shape index (κ2) is 4.64. The fourth-order valence-electron chi connectivity index (χ4n) is 2.30. The van der Waals surface area contributed by atoms with Gasteiger partial charge in [-0.2, -0.15) is 10.1 Å². The molecule has 0 spiro atoms. The molecule has 0 unspecified atom stereocenters. The van der Waals surface area contributed by atoms with E-state index in [1.807, 2.05) is 7.05 Å². The van der Waals surface area contributed by atoms with E-state index in [0.717, 1.165) is 5.82 Å². The molecule has 1 aliphatic rings. The number of nitrogen functional groups attached to an aromatic ring is 1. The first-order valence-electron chi connectivity index (χ1n) is 5.94. The van der Waals surface area contributed by atoms with E-state index < -0.39 is 0 Å². The Hall–Kier alpha value is -1.06. The molecule has 1 aromatic heterocycles. The Kier molecular flexibility index (Phi) is 3.23. The molecule has 1 aromatic rings. The molecule has 1 heterocycles. The van der Waals surface area contributed by atoms with Crippen molar-refractivity contribution < 1.29 is 0 Å². The van der Waals surface area contributed by atoms with Crippen molar-refractivity contribution in [3.63, 3.8) is 0 Å². The molecule has 1 fully saturated rings. The summed E-state index contributed by atoms with van der Waals surface area (Å²) in [6.07, 6.45) is 9.18. The van der Waals surface area contributed by atoms with Gasteiger partial charge in [-0.3, -0.25) is 0 Å². The molecule has 84 valence electrons. The van der Waals surface area contributed by atoms with Crippen LogP contribution in [-0.2, 0) is 7.05 Å². The molecule has 4 heteroatoms. The van der Waals surface area contributed by atoms with Crippen molar-refractivity contribution in [1.29, 1.82) is 0 Å². The molecule has 0 radical (unpaired) electrons. The van der Waals surface area contributed by atoms with Crippen LogP contribution in [0.5, 0.6) is 0 Å². The summed E-state index contributed by atoms with van der Waals surface area (Å²) in [5.74, 6) is 2.03. The molecular formula is C11H20N4. The van der Waals surface area contributed by atoms with Crippen LogP contribution in [0.4, 0.5) is 5.95 Å². The molecule has 1 saturated carbocycles. The second-order valence-corrected chi connectivity index (χ2v) is 4.49. The summed E-state index contributed by atoms with van der Waals surface area (Å²) in [5.41, 5.74) is 5.71. The summed E-state index contributed by atoms with van der Waals surface area (Å²) in [6, 6.07) is 0. The monoisotopic (exact) mass is 208 g/mol. The van der Waals surface area contributed by atoms with Gasteiger partial charge in [0.15, 0.2) is 5.82 Å². The number of hydrogen-bond donors (Lipinski definition) is 1. The van der Waals surface area contributed by atoms with Gasteiger partial charge in [-0.1, -0.05) is 32.1 Å². The Labute approximate surface area is 90.9 Å². The third-order valence-corrected chi connectivity index (χ3v) is 3.28. The maximum absolute atomic E-state index is 5.71. The summed E-state index contributed by atoms with van der Waals surface area (Å²) in [4.78, 5) is 4.34. The van der Waals surface area contributed by atoms with Crippen LogP contribution in [0.15, 0.2) is 0 Å². The standard InChI is InChI=1S/C11H20N4/c1-15-11(12)13-10(14-15)9-7-5-3-2-4-6-8-9/h9H,2-8H2,1H3,(H2,12,13,14). The fourth-order valence-corrected chi connectivity index (χ4v) is 2.30. The maximum Gasteiger partial charge on any atom is 0.218 e. The van der Waals surface area contributed by atoms with E-state index in [1.165, 1.54) is 44.9 Å². The summed E-state index contributed by atoms with van der Waals surface area (Å²) in [5, 5.41) is 4.39. The average Bonchev–Trinajstić information content (AvgIpc) is 2.46. The summed E-state index contributed by atoms with van der Waals surface area (Å²) in [7, 11) is 1.86. The van der Waals surface area contributed by atoms with E-state index >= 15 is 0 Å². The van der Waals surface area contributed by atoms with Crippen LogP contribution in [-0.4, -0.2) is 14.8 Å². The van der Waals surface area contributed by atoms with Crippen LogP contribution in [0.1, 0.15) is 56.7 Å². The number of rotatable bonds is 1. The van der Waals surface area contributed by atoms with Gasteiger partial charge in [0.05, 0.1) is 0 Å². The first kappa shape index (κ1) is 10.5. The van der Waals surface area contributed by atoms with Gasteiger partial charge in [0.25, 0.3) is 0 Å². The van der Waals surface area contributed by atoms with Crippen LogP contribution in [0, 0.1) is 0 Å². The highest BCUT2D eigenvalue weighted by Crippen LogP contribution is 2.29. The number of aryl methyl sites for hydroxylation is 1. The molecule has 2 N–H and O–H groups in total. The van der Waals surface area contributed by atoms with Gasteiger partial charge in [-0.05, 0) is 12.8 Å². The zero-order valence-corrected chi connectivity index (χ0v) is 9.45. The molecule has 0 atom stereocenters. The highest BCUT2D eigenvalue weighted by Gasteiger charge is 2.18. The molecule has 2 rings (SSSR count). The Morgan fingerprint density at radius 1 is 1.13 bits per heavy atom. The molecule has 0 bridgehead atoms. The maximum atomic E-state index is 5.71. The highest BCUT2D eigenvalue weighted by molar-refractivity contribution is 5.17. The van der Waals surface area contributed by atoms with E-state index in [2.05, 4.69) is 10.1 Å². The van der Waals surface area contributed by atoms with Crippen molar-refractivity contribution in [2.45, 2.75) is 50.9 Å². The van der Waals surface area contributed by atoms with Crippen molar-refractivity contribution in [1.82, 2.24) is 14.8 Å². The van der Waals surface area contributed by atoms with Crippen molar-refractivity contribution in [3.8, 4) is 0 Å². The first-order chi connectivity index (χ1) is 7.27. The van der Waals surface area contributed by atoms with Gasteiger partial charge in [-0.25, -0.2) is 4.68 Å². The Balaban J connectivity index is 2.06. The minimum absolute atomic E-state index is 0.534. The van der Waals surface area contributed by atoms with Crippen molar-refractivity contribution >= 4 is 5.95 Å². The number of nitrogens with two attached hydrogens (primary N) is 1. The Morgan fingerprint density at radius 3 is 2.27 bits per heavy atom. The van der Waals surface area contributed by atoms with E-state index in [0.29, 0.717) is 11.9 Å². The number of aromatic nitrogens is 3. The smallest absolute Gasteiger partial charge is 0.218 e. The minimum atomic E-state index is 0.534. The summed E-state index contributed by atoms with van der Waals surface area (Å²) < 4.78 is 1.67. The number of anilines is 1. The van der Waals surface area contributed by atoms with Gasteiger partial charge in [0, 0.05) is 13.0 Å². The van der Waals surface area contributed by atoms with E-state index in [1.54, 1.807) is 4.68 Å². The Morgan fingerprint density at radius 2 is 1.73 bits per heavy atom. The molecule has 0 aromatic carbocycles. The predicted molar refractivity (Wildman–Crippen MR) is 60.5 cm³/mol. The SMILES string of the molecule is Cn1nc(C2CCCCCCC2)nc1N. The summed E-state index contributed by atoms with van der Waals surface area (Å²) in [6.45, 7) is 0. The molecular weight excluding hydrogens is 188 g/mol. The largest absolute Gasteiger partial charge is 0.368 e. The van der Waals surface area contributed by atoms with Gasteiger partial charge in [-0.15, -0.1) is 0 Å². The third-order valence-electron chi connectivity index (χ3n) is 3.28. The lowest BCUT2D eigenvalue weighted by atomic mass is 9.91. The molecule has 4 nitrogen and oxygen atoms in total. The van der Waals surface area contributed by atoms with Crippen LogP contribution in [0.2, 0.25) is 0 Å². The van der Waals surface area contributed by atoms with Gasteiger partial charge < -0.3 is 5.73 Å². The Bertz CT molecular complexity index is 291. The molecule has 0 aliphatic heterocycles. The van der Waals surface area contributed by atoms with Crippen LogP contribution < -0.4 is 5.73 Å². The highest BCUT2D eigenvalue weighted by atomic mass is 15.4. The zero-order chi connectivity index (χ0) is 10.7. The van der Waals surface area contributed by atoms with Gasteiger partial charge in [0.2, 0.25) is 5.95 Å². The fraction of sp³-hybridized carbons (Fsp3) is 0.818. The van der Waals surface area contributed by atoms with Crippen molar-refractivity contribution in [2.75, 3.05) is 5.73 Å². The number of nitrogens with zero attached hydrogens (tertiary/aromatic N) is 3. The summed E-state index contributed by atoms with van der Waals surface area (Å²) >= 11 is 0. The molecule has 0 saturated heterocycles. The molecule has 1 aliphatic carbocycles. The zero-order valence-electron chi connectivity index (χ0n) is 9.45. The van der Waals surface area contributed by atoms with Crippen molar-refractivity contribution in [2.24, 2.45) is 7.05 Å². The molecule has 0 amide bonds. The number of hydrogen-bond acceptors (Lipinski definition) is 3. The van der Waals surface area contributed by atoms with E-state index in [-0.39, 0.29) is 0 Å². The van der Waals surface area contributed by atoms with Gasteiger partial charge >= 0.3 is 0 Å². The quantitative estimate of drug-likeness (QED) is 0.770. The lowest BCUT2D eigenvalue weighted by Gasteiger charge is -2.16. The lowest BCUT2D eigenvalue weighted by molar-refractivity contribution is 0.441. The van der Waals surface area contributed by atoms with E-state index in [4.69, 9.17) is 5.73 Å². The van der Waals surface area contributed by atoms with Gasteiger partial charge in [0.1, 0.15) is 0 Å². The third kappa shape index (κ3) is 2.49. The average molecular weight is 208 g/mol. The van der Waals surface area contributed by atoms with Crippen LogP contribution in [0.3, 0.4) is 0 Å².